The highest BCUT2D eigenvalue weighted by molar-refractivity contribution is 7.89. The molecule has 0 amide bonds. The molecule has 13 heteroatoms. The lowest BCUT2D eigenvalue weighted by atomic mass is 9.89. The van der Waals surface area contributed by atoms with Crippen LogP contribution in [-0.2, 0) is 27.8 Å². The maximum atomic E-state index is 14.2. The molecule has 4 rings (SSSR count). The van der Waals surface area contributed by atoms with E-state index in [0.717, 1.165) is 22.3 Å². The van der Waals surface area contributed by atoms with Crippen LogP contribution >= 0.6 is 0 Å². The molecular formula is C19H21F5N4O3S. The molecule has 1 aromatic carbocycles. The number of ether oxygens (including phenoxy) is 1. The molecule has 2 N–H and O–H groups in total. The third-order valence-corrected chi connectivity index (χ3v) is 7.32. The van der Waals surface area contributed by atoms with Gasteiger partial charge in [0, 0.05) is 42.5 Å². The van der Waals surface area contributed by atoms with Gasteiger partial charge < -0.3 is 10.5 Å². The smallest absolute Gasteiger partial charge is 0.357 e. The van der Waals surface area contributed by atoms with Crippen LogP contribution in [-0.4, -0.2) is 52.6 Å². The van der Waals surface area contributed by atoms with Crippen molar-refractivity contribution in [3.8, 4) is 0 Å². The summed E-state index contributed by atoms with van der Waals surface area (Å²) in [5.41, 5.74) is 6.55. The van der Waals surface area contributed by atoms with Crippen molar-refractivity contribution in [2.45, 2.75) is 56.9 Å². The van der Waals surface area contributed by atoms with Crippen molar-refractivity contribution in [3.63, 3.8) is 0 Å². The van der Waals surface area contributed by atoms with E-state index in [2.05, 4.69) is 5.10 Å². The van der Waals surface area contributed by atoms with Crippen molar-refractivity contribution in [2.24, 2.45) is 5.73 Å². The quantitative estimate of drug-likeness (QED) is 0.677. The van der Waals surface area contributed by atoms with E-state index in [1.165, 1.54) is 18.0 Å². The Morgan fingerprint density at radius 1 is 1.25 bits per heavy atom. The van der Waals surface area contributed by atoms with Crippen molar-refractivity contribution in [2.75, 3.05) is 5.75 Å². The van der Waals surface area contributed by atoms with Gasteiger partial charge in [-0.15, -0.1) is 0 Å². The van der Waals surface area contributed by atoms with Gasteiger partial charge in [-0.2, -0.15) is 22.4 Å². The van der Waals surface area contributed by atoms with Crippen molar-refractivity contribution >= 4 is 10.0 Å². The van der Waals surface area contributed by atoms with Crippen molar-refractivity contribution < 1.29 is 35.1 Å². The SMILES string of the molecule is CCS(=O)(=O)n1cc2c(n1)CN([C@@H]1C[C@H](N)[C@@H](c3cc(F)ccc3F)O[C@@H]1C(F)(F)F)C2. The summed E-state index contributed by atoms with van der Waals surface area (Å²) in [6.45, 7) is 1.47. The number of hydrogen-bond acceptors (Lipinski definition) is 6. The molecule has 4 atom stereocenters. The Morgan fingerprint density at radius 2 is 1.97 bits per heavy atom. The van der Waals surface area contributed by atoms with Crippen molar-refractivity contribution in [1.29, 1.82) is 0 Å². The molecule has 0 unspecified atom stereocenters. The molecule has 0 radical (unpaired) electrons. The summed E-state index contributed by atoms with van der Waals surface area (Å²) >= 11 is 0. The van der Waals surface area contributed by atoms with Gasteiger partial charge in [-0.1, -0.05) is 0 Å². The minimum Gasteiger partial charge on any atom is -0.357 e. The summed E-state index contributed by atoms with van der Waals surface area (Å²) in [6, 6.07) is 0.233. The van der Waals surface area contributed by atoms with Crippen LogP contribution in [0.1, 0.15) is 36.3 Å². The Labute approximate surface area is 181 Å². The first-order valence-electron chi connectivity index (χ1n) is 9.88. The van der Waals surface area contributed by atoms with Crippen LogP contribution in [0.2, 0.25) is 0 Å². The fourth-order valence-corrected chi connectivity index (χ4v) is 4.98. The minimum atomic E-state index is -4.79. The topological polar surface area (TPSA) is 90.5 Å². The molecular weight excluding hydrogens is 459 g/mol. The van der Waals surface area contributed by atoms with E-state index in [-0.39, 0.29) is 30.8 Å². The predicted molar refractivity (Wildman–Crippen MR) is 103 cm³/mol. The van der Waals surface area contributed by atoms with Crippen LogP contribution in [0.15, 0.2) is 24.4 Å². The second-order valence-electron chi connectivity index (χ2n) is 7.93. The minimum absolute atomic E-state index is 0.0200. The maximum Gasteiger partial charge on any atom is 0.416 e. The number of benzene rings is 1. The first-order chi connectivity index (χ1) is 14.9. The van der Waals surface area contributed by atoms with Gasteiger partial charge >= 0.3 is 6.18 Å². The summed E-state index contributed by atoms with van der Waals surface area (Å²) in [6.07, 6.45) is -7.46. The molecule has 2 aliphatic rings. The van der Waals surface area contributed by atoms with E-state index in [0.29, 0.717) is 11.3 Å². The average molecular weight is 480 g/mol. The molecule has 3 heterocycles. The van der Waals surface area contributed by atoms with Crippen LogP contribution < -0.4 is 5.73 Å². The fourth-order valence-electron chi connectivity index (χ4n) is 4.21. The molecule has 32 heavy (non-hydrogen) atoms. The molecule has 1 saturated heterocycles. The van der Waals surface area contributed by atoms with Crippen molar-refractivity contribution in [1.82, 2.24) is 14.1 Å². The van der Waals surface area contributed by atoms with Gasteiger partial charge in [0.05, 0.1) is 11.4 Å². The molecule has 1 fully saturated rings. The molecule has 0 aliphatic carbocycles. The summed E-state index contributed by atoms with van der Waals surface area (Å²) in [5.74, 6) is -1.89. The Kier molecular flexibility index (Phi) is 5.80. The first kappa shape index (κ1) is 23.1. The molecule has 2 aromatic rings. The van der Waals surface area contributed by atoms with Crippen LogP contribution in [0.5, 0.6) is 0 Å². The number of nitrogens with zero attached hydrogens (tertiary/aromatic N) is 3. The number of nitrogens with two attached hydrogens (primary N) is 1. The van der Waals surface area contributed by atoms with Gasteiger partial charge in [0.1, 0.15) is 17.7 Å². The number of alkyl halides is 3. The summed E-state index contributed by atoms with van der Waals surface area (Å²) < 4.78 is 99.6. The highest BCUT2D eigenvalue weighted by Crippen LogP contribution is 2.42. The Morgan fingerprint density at radius 3 is 2.59 bits per heavy atom. The zero-order chi connectivity index (χ0) is 23.4. The number of aromatic nitrogens is 2. The zero-order valence-corrected chi connectivity index (χ0v) is 17.7. The number of halogens is 5. The molecule has 0 bridgehead atoms. The van der Waals surface area contributed by atoms with Gasteiger partial charge in [-0.3, -0.25) is 4.90 Å². The highest BCUT2D eigenvalue weighted by atomic mass is 32.2. The maximum absolute atomic E-state index is 14.2. The van der Waals surface area contributed by atoms with Gasteiger partial charge in [0.2, 0.25) is 0 Å². The first-order valence-corrected chi connectivity index (χ1v) is 11.5. The van der Waals surface area contributed by atoms with Gasteiger partial charge in [0.15, 0.2) is 6.10 Å². The van der Waals surface area contributed by atoms with E-state index in [4.69, 9.17) is 10.5 Å². The standard InChI is InChI=1S/C19H21F5N4O3S/c1-2-32(29,30)28-8-10-7-27(9-15(10)26-28)16-6-14(25)17(31-18(16)19(22,23)24)12-5-11(20)3-4-13(12)21/h3-5,8,14,16-18H,2,6-7,9,25H2,1H3/t14-,16+,17+,18-/m0/s1. The second kappa shape index (κ2) is 8.04. The van der Waals surface area contributed by atoms with E-state index in [9.17, 15) is 30.4 Å². The zero-order valence-electron chi connectivity index (χ0n) is 16.9. The van der Waals surface area contributed by atoms with Crippen molar-refractivity contribution in [3.05, 3.63) is 52.9 Å². The third kappa shape index (κ3) is 4.14. The van der Waals surface area contributed by atoms with E-state index >= 15 is 0 Å². The lowest BCUT2D eigenvalue weighted by Crippen LogP contribution is -2.58. The van der Waals surface area contributed by atoms with Crippen LogP contribution in [0.3, 0.4) is 0 Å². The number of rotatable bonds is 4. The molecule has 176 valence electrons. The fraction of sp³-hybridized carbons (Fsp3) is 0.526. The summed E-state index contributed by atoms with van der Waals surface area (Å²) in [4.78, 5) is 1.47. The van der Waals surface area contributed by atoms with Crippen LogP contribution in [0.4, 0.5) is 22.0 Å². The normalized spacial score (nSPS) is 27.0. The largest absolute Gasteiger partial charge is 0.416 e. The Balaban J connectivity index is 1.59. The third-order valence-electron chi connectivity index (χ3n) is 5.83. The van der Waals surface area contributed by atoms with Gasteiger partial charge in [-0.25, -0.2) is 17.2 Å². The highest BCUT2D eigenvalue weighted by Gasteiger charge is 2.54. The van der Waals surface area contributed by atoms with E-state index in [1.54, 1.807) is 0 Å². The molecule has 1 aromatic heterocycles. The van der Waals surface area contributed by atoms with E-state index < -0.39 is 52.1 Å². The van der Waals surface area contributed by atoms with Crippen LogP contribution in [0, 0.1) is 11.6 Å². The van der Waals surface area contributed by atoms with Gasteiger partial charge in [0.25, 0.3) is 10.0 Å². The Bertz CT molecular complexity index is 1100. The van der Waals surface area contributed by atoms with Gasteiger partial charge in [-0.05, 0) is 31.5 Å². The van der Waals surface area contributed by atoms with Crippen LogP contribution in [0.25, 0.3) is 0 Å². The molecule has 7 nitrogen and oxygen atoms in total. The molecule has 0 spiro atoms. The lowest BCUT2D eigenvalue weighted by Gasteiger charge is -2.44. The number of hydrogen-bond donors (Lipinski definition) is 1. The van der Waals surface area contributed by atoms with E-state index in [1.807, 2.05) is 0 Å². The summed E-state index contributed by atoms with van der Waals surface area (Å²) in [7, 11) is -3.61. The Hall–Kier alpha value is -2.09. The second-order valence-corrected chi connectivity index (χ2v) is 10.0. The molecule has 2 aliphatic heterocycles. The average Bonchev–Trinajstić information content (AvgIpc) is 3.28. The number of fused-ring (bicyclic) bond motifs is 1. The molecule has 0 saturated carbocycles. The predicted octanol–water partition coefficient (Wildman–Crippen LogP) is 2.46. The lowest BCUT2D eigenvalue weighted by molar-refractivity contribution is -0.269. The summed E-state index contributed by atoms with van der Waals surface area (Å²) in [5, 5.41) is 4.01. The monoisotopic (exact) mass is 480 g/mol.